The Balaban J connectivity index is 1.84. The van der Waals surface area contributed by atoms with Crippen LogP contribution in [0.2, 0.25) is 0 Å². The summed E-state index contributed by atoms with van der Waals surface area (Å²) in [6.45, 7) is 10.5. The van der Waals surface area contributed by atoms with E-state index >= 15 is 0 Å². The van der Waals surface area contributed by atoms with E-state index in [-0.39, 0.29) is 24.8 Å². The van der Waals surface area contributed by atoms with Crippen molar-refractivity contribution in [1.29, 1.82) is 0 Å². The average molecular weight is 578 g/mol. The van der Waals surface area contributed by atoms with Crippen molar-refractivity contribution in [3.63, 3.8) is 0 Å². The van der Waals surface area contributed by atoms with Gasteiger partial charge in [-0.15, -0.1) is 23.1 Å². The number of thioether (sulfide) groups is 1. The van der Waals surface area contributed by atoms with E-state index in [0.29, 0.717) is 9.75 Å². The molecule has 1 atom stereocenters. The van der Waals surface area contributed by atoms with Gasteiger partial charge in [-0.3, -0.25) is 9.59 Å². The Morgan fingerprint density at radius 1 is 1.00 bits per heavy atom. The van der Waals surface area contributed by atoms with Crippen molar-refractivity contribution in [2.75, 3.05) is 6.54 Å². The number of carboxylic acids is 1. The Morgan fingerprint density at radius 3 is 2.15 bits per heavy atom. The lowest BCUT2D eigenvalue weighted by Crippen LogP contribution is -2.25. The molecule has 0 unspecified atom stereocenters. The van der Waals surface area contributed by atoms with E-state index < -0.39 is 29.7 Å². The van der Waals surface area contributed by atoms with Crippen LogP contribution < -0.4 is 5.32 Å². The molecule has 0 fully saturated rings. The van der Waals surface area contributed by atoms with E-state index in [0.717, 1.165) is 38.5 Å². The summed E-state index contributed by atoms with van der Waals surface area (Å²) in [6, 6.07) is 15.8. The molecule has 0 bridgehead atoms. The maximum atomic E-state index is 13.2. The molecule has 0 aliphatic rings. The van der Waals surface area contributed by atoms with Crippen LogP contribution >= 0.6 is 23.1 Å². The number of thiophene rings is 1. The largest absolute Gasteiger partial charge is 0.481 e. The fourth-order valence-corrected chi connectivity index (χ4v) is 6.80. The molecule has 1 aromatic heterocycles. The average Bonchev–Trinajstić information content (AvgIpc) is 3.30. The van der Waals surface area contributed by atoms with Crippen LogP contribution in [0.1, 0.15) is 76.5 Å². The first kappa shape index (κ1) is 30.8. The third kappa shape index (κ3) is 8.86. The Hall–Kier alpha value is -2.78. The summed E-state index contributed by atoms with van der Waals surface area (Å²) < 4.78 is 39.5. The van der Waals surface area contributed by atoms with Gasteiger partial charge in [0.1, 0.15) is 0 Å². The van der Waals surface area contributed by atoms with Crippen LogP contribution in [0.5, 0.6) is 0 Å². The smallest absolute Gasteiger partial charge is 0.389 e. The van der Waals surface area contributed by atoms with Crippen molar-refractivity contribution in [2.24, 2.45) is 0 Å². The number of nitrogens with one attached hydrogen (secondary N) is 1. The highest BCUT2D eigenvalue weighted by molar-refractivity contribution is 7.99. The van der Waals surface area contributed by atoms with Gasteiger partial charge in [-0.1, -0.05) is 45.0 Å². The normalized spacial score (nSPS) is 12.8. The molecular weight excluding hydrogens is 543 g/mol. The molecule has 0 aliphatic heterocycles. The van der Waals surface area contributed by atoms with Gasteiger partial charge in [-0.25, -0.2) is 0 Å². The summed E-state index contributed by atoms with van der Waals surface area (Å²) in [6.07, 6.45) is -5.55. The fraction of sp³-hybridized carbons (Fsp3) is 0.400. The number of carboxylic acid groups (broad SMARTS) is 1. The van der Waals surface area contributed by atoms with Crippen molar-refractivity contribution in [3.05, 3.63) is 75.0 Å². The topological polar surface area (TPSA) is 66.4 Å². The molecule has 39 heavy (non-hydrogen) atoms. The van der Waals surface area contributed by atoms with Crippen molar-refractivity contribution in [2.45, 2.75) is 75.6 Å². The highest BCUT2D eigenvalue weighted by atomic mass is 32.2. The van der Waals surface area contributed by atoms with Gasteiger partial charge in [-0.2, -0.15) is 13.2 Å². The second-order valence-electron chi connectivity index (χ2n) is 10.6. The standard InChI is InChI=1S/C30H34F3NO3S2/c1-18-16-22(17-19(2)27(18)20-6-8-21(9-7-20)29(3,4)5)38-24(12-14-30(31,32)33)23-10-11-25(39-23)28(37)34-15-13-26(35)36/h6-11,16-17,24H,12-15H2,1-5H3,(H,34,37)(H,35,36)/t24-/m1/s1. The molecule has 0 radical (unpaired) electrons. The van der Waals surface area contributed by atoms with Gasteiger partial charge in [0.2, 0.25) is 0 Å². The van der Waals surface area contributed by atoms with Crippen LogP contribution in [-0.2, 0) is 10.2 Å². The summed E-state index contributed by atoms with van der Waals surface area (Å²) in [4.78, 5) is 25.0. The van der Waals surface area contributed by atoms with E-state index in [4.69, 9.17) is 5.11 Å². The predicted molar refractivity (Wildman–Crippen MR) is 153 cm³/mol. The molecule has 0 saturated heterocycles. The molecular formula is C30H34F3NO3S2. The second-order valence-corrected chi connectivity index (χ2v) is 13.0. The van der Waals surface area contributed by atoms with E-state index in [1.807, 2.05) is 26.0 Å². The summed E-state index contributed by atoms with van der Waals surface area (Å²) in [5, 5.41) is 10.8. The van der Waals surface area contributed by atoms with Crippen LogP contribution in [0.25, 0.3) is 11.1 Å². The first-order valence-corrected chi connectivity index (χ1v) is 14.4. The molecule has 210 valence electrons. The molecule has 0 aliphatic carbocycles. The minimum Gasteiger partial charge on any atom is -0.481 e. The number of aryl methyl sites for hydroxylation is 2. The number of benzene rings is 2. The van der Waals surface area contributed by atoms with E-state index in [2.05, 4.69) is 50.4 Å². The zero-order valence-corrected chi connectivity index (χ0v) is 24.4. The third-order valence-electron chi connectivity index (χ3n) is 6.31. The highest BCUT2D eigenvalue weighted by Crippen LogP contribution is 2.45. The van der Waals surface area contributed by atoms with Crippen LogP contribution in [0.4, 0.5) is 13.2 Å². The molecule has 1 heterocycles. The van der Waals surface area contributed by atoms with Gasteiger partial charge >= 0.3 is 12.1 Å². The first-order valence-electron chi connectivity index (χ1n) is 12.7. The zero-order valence-electron chi connectivity index (χ0n) is 22.7. The molecule has 1 amide bonds. The molecule has 3 rings (SSSR count). The summed E-state index contributed by atoms with van der Waals surface area (Å²) in [7, 11) is 0. The number of carbonyl (C=O) groups is 2. The molecule has 0 spiro atoms. The van der Waals surface area contributed by atoms with E-state index in [1.54, 1.807) is 12.1 Å². The number of carbonyl (C=O) groups excluding carboxylic acids is 1. The van der Waals surface area contributed by atoms with Crippen LogP contribution in [0.3, 0.4) is 0 Å². The number of halogens is 3. The Bertz CT molecular complexity index is 1290. The van der Waals surface area contributed by atoms with Crippen LogP contribution in [0.15, 0.2) is 53.4 Å². The fourth-order valence-electron chi connectivity index (χ4n) is 4.32. The van der Waals surface area contributed by atoms with Crippen molar-refractivity contribution in [1.82, 2.24) is 5.32 Å². The first-order chi connectivity index (χ1) is 18.1. The lowest BCUT2D eigenvalue weighted by Gasteiger charge is -2.21. The van der Waals surface area contributed by atoms with Crippen LogP contribution in [-0.4, -0.2) is 29.7 Å². The van der Waals surface area contributed by atoms with E-state index in [1.165, 1.54) is 17.3 Å². The Labute approximate surface area is 236 Å². The maximum absolute atomic E-state index is 13.2. The number of hydrogen-bond acceptors (Lipinski definition) is 4. The number of rotatable bonds is 10. The number of amides is 1. The molecule has 3 aromatic rings. The molecule has 4 nitrogen and oxygen atoms in total. The highest BCUT2D eigenvalue weighted by Gasteiger charge is 2.30. The van der Waals surface area contributed by atoms with Gasteiger partial charge in [0, 0.05) is 28.0 Å². The lowest BCUT2D eigenvalue weighted by atomic mass is 9.85. The molecule has 2 aromatic carbocycles. The molecule has 0 saturated carbocycles. The third-order valence-corrected chi connectivity index (χ3v) is 8.94. The quantitative estimate of drug-likeness (QED) is 0.237. The molecule has 9 heteroatoms. The maximum Gasteiger partial charge on any atom is 0.389 e. The summed E-state index contributed by atoms with van der Waals surface area (Å²) in [5.41, 5.74) is 5.59. The van der Waals surface area contributed by atoms with Crippen molar-refractivity contribution in [3.8, 4) is 11.1 Å². The van der Waals surface area contributed by atoms with Gasteiger partial charge in [0.25, 0.3) is 5.91 Å². The minimum atomic E-state index is -4.29. The van der Waals surface area contributed by atoms with Crippen molar-refractivity contribution < 1.29 is 27.9 Å². The number of alkyl halides is 3. The van der Waals surface area contributed by atoms with Gasteiger partial charge in [0.15, 0.2) is 0 Å². The number of aliphatic carboxylic acids is 1. The van der Waals surface area contributed by atoms with Crippen molar-refractivity contribution >= 4 is 35.0 Å². The molecule has 2 N–H and O–H groups in total. The van der Waals surface area contributed by atoms with Gasteiger partial charge < -0.3 is 10.4 Å². The SMILES string of the molecule is Cc1cc(S[C@H](CCC(F)(F)F)c2ccc(C(=O)NCCC(=O)O)s2)cc(C)c1-c1ccc(C(C)(C)C)cc1. The number of hydrogen-bond donors (Lipinski definition) is 2. The van der Waals surface area contributed by atoms with Gasteiger partial charge in [0.05, 0.1) is 11.3 Å². The lowest BCUT2D eigenvalue weighted by molar-refractivity contribution is -0.137. The minimum absolute atomic E-state index is 0.0164. The zero-order chi connectivity index (χ0) is 29.0. The van der Waals surface area contributed by atoms with Crippen LogP contribution in [0, 0.1) is 13.8 Å². The Morgan fingerprint density at radius 2 is 1.62 bits per heavy atom. The second kappa shape index (κ2) is 12.6. The summed E-state index contributed by atoms with van der Waals surface area (Å²) in [5.74, 6) is -1.45. The van der Waals surface area contributed by atoms with E-state index in [9.17, 15) is 22.8 Å². The van der Waals surface area contributed by atoms with Gasteiger partial charge in [-0.05, 0) is 77.8 Å². The summed E-state index contributed by atoms with van der Waals surface area (Å²) >= 11 is 2.51. The monoisotopic (exact) mass is 577 g/mol. The predicted octanol–water partition coefficient (Wildman–Crippen LogP) is 8.71. The Kier molecular flexibility index (Phi) is 9.93.